The minimum Gasteiger partial charge on any atom is -0.292 e. The van der Waals surface area contributed by atoms with Crippen molar-refractivity contribution < 1.29 is 90.5 Å². The Morgan fingerprint density at radius 2 is 0.727 bits per heavy atom. The zero-order valence-corrected chi connectivity index (χ0v) is 68.5. The Morgan fingerprint density at radius 1 is 0.235 bits per heavy atom. The van der Waals surface area contributed by atoms with Crippen molar-refractivity contribution in [1.29, 1.82) is 0 Å². The van der Waals surface area contributed by atoms with Crippen LogP contribution >= 0.6 is 22.7 Å². The highest BCUT2D eigenvalue weighted by Gasteiger charge is 2.31. The van der Waals surface area contributed by atoms with Crippen LogP contribution in [0.4, 0.5) is 0 Å². The molecular weight excluding hydrogens is 1640 g/mol. The highest BCUT2D eigenvalue weighted by Crippen LogP contribution is 2.54. The summed E-state index contributed by atoms with van der Waals surface area (Å²) in [7, 11) is 0. The fourth-order valence-corrected chi connectivity index (χ4v) is 19.2. The van der Waals surface area contributed by atoms with Gasteiger partial charge in [-0.1, -0.05) is 343 Å². The van der Waals surface area contributed by atoms with E-state index >= 15 is 0 Å². The minimum atomic E-state index is -0.983. The van der Waals surface area contributed by atoms with Gasteiger partial charge in [-0.3, -0.25) is 13.7 Å². The number of hydrogen-bond acceptors (Lipinski definition) is 8. The number of aryl methyl sites for hydroxylation is 1. The average Bonchev–Trinajstić information content (AvgIpc) is 1.50. The lowest BCUT2D eigenvalue weighted by Gasteiger charge is -2.16. The number of benzene rings is 20. The summed E-state index contributed by atoms with van der Waals surface area (Å²) in [4.78, 5) is 28.0. The highest BCUT2D eigenvalue weighted by atomic mass is 32.1. The zero-order valence-electron chi connectivity index (χ0n) is 133. The first-order chi connectivity index (χ1) is 92.7. The summed E-state index contributed by atoms with van der Waals surface area (Å²) in [5.74, 6) is -2.00. The third kappa shape index (κ3) is 11.5. The van der Waals surface area contributed by atoms with Gasteiger partial charge in [0.05, 0.1) is 162 Å². The monoisotopic (exact) mass is 1780 g/mol. The van der Waals surface area contributed by atoms with E-state index in [0.29, 0.717) is 0 Å². The van der Waals surface area contributed by atoms with Crippen LogP contribution in [-0.4, -0.2) is 43.6 Å². The Labute approximate surface area is 857 Å². The molecule has 0 saturated carbocycles. The van der Waals surface area contributed by atoms with Crippen LogP contribution in [0.15, 0.2) is 399 Å². The molecule has 0 aliphatic heterocycles. The normalized spacial score (nSPS) is 19.1. The summed E-state index contributed by atoms with van der Waals surface area (Å²) >= 11 is 1.55. The first-order valence-electron chi connectivity index (χ1n) is 72.5. The molecule has 0 bridgehead atoms. The third-order valence-corrected chi connectivity index (χ3v) is 24.7. The molecule has 132 heavy (non-hydrogen) atoms. The van der Waals surface area contributed by atoms with Crippen molar-refractivity contribution in [2.75, 3.05) is 0 Å². The Morgan fingerprint density at radius 3 is 1.44 bits per heavy atom. The molecule has 0 fully saturated rings. The lowest BCUT2D eigenvalue weighted by Crippen LogP contribution is -2.04. The number of aromatic nitrogens is 9. The summed E-state index contributed by atoms with van der Waals surface area (Å²) in [6.45, 7) is 4.10. The van der Waals surface area contributed by atoms with Crippen LogP contribution in [0, 0.1) is 20.8 Å². The van der Waals surface area contributed by atoms with Crippen LogP contribution in [0.25, 0.3) is 267 Å². The van der Waals surface area contributed by atoms with E-state index in [2.05, 4.69) is 19.9 Å². The second kappa shape index (κ2) is 29.7. The number of nitrogens with zero attached hydrogens (tertiary/aromatic N) is 9. The maximum Gasteiger partial charge on any atom is 0.235 e. The molecule has 0 saturated heterocycles. The van der Waals surface area contributed by atoms with E-state index in [1.807, 2.05) is 0 Å². The largest absolute Gasteiger partial charge is 0.292 e. The van der Waals surface area contributed by atoms with Gasteiger partial charge in [0.1, 0.15) is 5.69 Å². The lowest BCUT2D eigenvalue weighted by atomic mass is 9.92. The minimum absolute atomic E-state index is 0.0105. The van der Waals surface area contributed by atoms with Gasteiger partial charge in [-0.2, -0.15) is 0 Å². The van der Waals surface area contributed by atoms with E-state index in [0.717, 1.165) is 36.4 Å². The molecule has 11 heteroatoms. The molecule has 616 valence electrons. The third-order valence-electron chi connectivity index (χ3n) is 22.4. The van der Waals surface area contributed by atoms with E-state index in [-0.39, 0.29) is 144 Å². The van der Waals surface area contributed by atoms with Gasteiger partial charge in [-0.15, -0.1) is 22.7 Å². The molecule has 29 rings (SSSR count). The van der Waals surface area contributed by atoms with E-state index < -0.39 is 538 Å². The average molecular weight is 1790 g/mol. The Bertz CT molecular complexity index is 14100. The number of hydrogen-bond donors (Lipinski definition) is 0. The molecule has 0 atom stereocenters. The van der Waals surface area contributed by atoms with Crippen LogP contribution in [0.3, 0.4) is 0 Å². The van der Waals surface area contributed by atoms with Crippen LogP contribution in [0.1, 0.15) is 107 Å². The number of thiophene rings is 2. The molecule has 20 aromatic carbocycles. The van der Waals surface area contributed by atoms with E-state index in [4.69, 9.17) is 74.4 Å². The predicted molar refractivity (Wildman–Crippen MR) is 558 cm³/mol. The molecule has 0 radical (unpaired) electrons. The SMILES string of the molecule is [2H]c1c([2H])c(-c2nc(-n3c4c([2H])c([2H])c([2H])c([2H])c4c4c5c([2H])c([2H])c([2H])c([2H])c5c5c(sc6c([2H])c([2H])c([2H])c([2H])c65)c43)nc3c2c([2H])c([2H])c2c([2H])c([2H])c([2H])c([2H])c23)c([2H])c([2H])c1C.[2H]c1c([2H])c(-c2nc(-n3c4c([2H])c([2H])c([2H])c([2H])c4c4c5c(sc6c([2H])c([2H])c([2H])c([2H])c65)c5c([2H])c([2H])c([2H])c([2H])c5c43)nc3c([2H])c([2H])c([2H])c([2H])c23)c([2H])c([2H])c1C.[2H]c1c([2H])c([2H])c(-c2c([2H])c([2H])c([2H])c(-c3nc4c([2H])c([2H])c([2H])c([2H])c4nc3-n3c4c([2H])c([2H])c([2H])c5c4c4c6c(c([2H])c([2H])c(C)c6c([2H])c([2H])c43)-c3c([2H])c([2H])c([2H])c([2H])c3-5)c2[2H])c([2H])c1[2H]. The van der Waals surface area contributed by atoms with Crippen LogP contribution in [0.5, 0.6) is 0 Å². The fraction of sp³-hybridized carbons (Fsp3) is 0.0248. The van der Waals surface area contributed by atoms with Crippen molar-refractivity contribution in [2.24, 2.45) is 0 Å². The van der Waals surface area contributed by atoms with E-state index in [1.54, 1.807) is 0 Å². The van der Waals surface area contributed by atoms with Gasteiger partial charge in [-0.05, 0) is 153 Å². The standard InChI is InChI=1S/C43H27N3.C41H25N3S.C37H23N3S/c1-26-21-22-34-32-16-6-5-15-31(32)33-17-10-20-37-40(33)41-38(24-23-30(26)39(34)41)46(37)43-42(44-35-18-7-8-19-36(35)45-43)29-14-9-13-28(25-29)27-11-3-2-4-12-27;1-24-18-20-26(21-19-24)37-32-23-22-25-10-2-3-11-27(25)38(32)43-41(42-37)44-33-16-8-6-14-30(33)35-28-12-4-5-13-29(28)36-31-15-7-9-17-34(31)45-40(36)39(35)44;1-22-18-20-23(21-19-22)34-26-12-4-7-15-29(26)38-37(39-34)40-30-16-8-5-13-27(30)32-33-28-14-6-9-17-31(28)41-36(33)25-11-3-2-10-24(25)35(32)40/h2-25H,1H3;2-23H,1H3;2-21H,1H3/i2D,3D,4D,5D,6D,7D,8D,9D,10D,11D,12D,13D,14D,15D,16D,17D,18D,19D,20D,21D,22D,23D,24D,25D;2D,3D,4D,5D,6D,7D,8D,9D,10D,11D,12D,13D,14D,15D,16D,17D,18D,19D,20D,21D,22D,23D;2D,3D,4D,5D,6D,7D,8D,9D,10D,11D,12D,13D,14D,15D,16D,17D,18D,19D,20D,21D. The number of fused-ring (bicyclic) bond motifs is 28. The summed E-state index contributed by atoms with van der Waals surface area (Å²) in [6.07, 6.45) is 0. The van der Waals surface area contributed by atoms with Crippen LogP contribution in [-0.2, 0) is 0 Å². The van der Waals surface area contributed by atoms with Gasteiger partial charge in [-0.25, -0.2) is 29.9 Å². The molecule has 1 aliphatic rings. The smallest absolute Gasteiger partial charge is 0.235 e. The predicted octanol–water partition coefficient (Wildman–Crippen LogP) is 32.8. The van der Waals surface area contributed by atoms with Crippen molar-refractivity contribution in [3.05, 3.63) is 415 Å². The highest BCUT2D eigenvalue weighted by molar-refractivity contribution is 7.27. The van der Waals surface area contributed by atoms with Crippen molar-refractivity contribution >= 4 is 204 Å². The van der Waals surface area contributed by atoms with E-state index in [9.17, 15) is 26.0 Å². The summed E-state index contributed by atoms with van der Waals surface area (Å²) in [6, 6.07) is -47.5. The van der Waals surface area contributed by atoms with Crippen molar-refractivity contribution in [2.45, 2.75) is 20.8 Å². The molecule has 28 aromatic rings. The van der Waals surface area contributed by atoms with Gasteiger partial charge in [0.15, 0.2) is 5.82 Å². The number of rotatable bonds is 7. The van der Waals surface area contributed by atoms with Crippen molar-refractivity contribution in [3.8, 4) is 84.9 Å². The molecule has 8 heterocycles. The summed E-state index contributed by atoms with van der Waals surface area (Å²) < 4.78 is 592. The quantitative estimate of drug-likeness (QED) is 0.148. The molecule has 9 nitrogen and oxygen atoms in total. The lowest BCUT2D eigenvalue weighted by molar-refractivity contribution is 1.02. The number of para-hydroxylation sites is 5. The topological polar surface area (TPSA) is 92.1 Å². The molecule has 0 spiro atoms. The molecular formula is C121H75N9S2. The van der Waals surface area contributed by atoms with Gasteiger partial charge < -0.3 is 0 Å². The first-order valence-corrected chi connectivity index (χ1v) is 41.1. The van der Waals surface area contributed by atoms with Gasteiger partial charge in [0, 0.05) is 112 Å². The molecule has 0 N–H and O–H groups in total. The Balaban J connectivity index is 0.000000136. The first kappa shape index (κ1) is 35.1. The fourth-order valence-electron chi connectivity index (χ4n) is 17.0. The Hall–Kier alpha value is -16.7. The summed E-state index contributed by atoms with van der Waals surface area (Å²) in [5.41, 5.74) is -11.3. The second-order valence-corrected chi connectivity index (χ2v) is 31.7. The maximum absolute atomic E-state index is 9.74. The van der Waals surface area contributed by atoms with Gasteiger partial charge in [0.2, 0.25) is 11.9 Å². The molecule has 1 aliphatic carbocycles. The second-order valence-electron chi connectivity index (χ2n) is 29.7. The van der Waals surface area contributed by atoms with Crippen molar-refractivity contribution in [3.63, 3.8) is 0 Å². The summed E-state index contributed by atoms with van der Waals surface area (Å²) in [5, 5.41) is -4.99. The molecule has 0 amide bonds. The van der Waals surface area contributed by atoms with E-state index in [1.165, 1.54) is 20.8 Å². The maximum atomic E-state index is 9.74. The van der Waals surface area contributed by atoms with Crippen LogP contribution in [0.2, 0.25) is 0 Å². The van der Waals surface area contributed by atoms with Gasteiger partial charge in [0.25, 0.3) is 0 Å². The van der Waals surface area contributed by atoms with Crippen LogP contribution < -0.4 is 0 Å². The molecule has 8 aromatic heterocycles. The Kier molecular flexibility index (Phi) is 7.88. The van der Waals surface area contributed by atoms with Crippen molar-refractivity contribution in [1.82, 2.24) is 43.6 Å². The van der Waals surface area contributed by atoms with Gasteiger partial charge >= 0.3 is 0 Å². The molecule has 0 unspecified atom stereocenters. The zero-order chi connectivity index (χ0) is 145.